The molecular formula is C27H31N3O6. The summed E-state index contributed by atoms with van der Waals surface area (Å²) >= 11 is 0. The number of hydrogen-bond acceptors (Lipinski definition) is 7. The van der Waals surface area contributed by atoms with Crippen LogP contribution in [0.15, 0.2) is 66.7 Å². The van der Waals surface area contributed by atoms with Crippen LogP contribution in [0, 0.1) is 6.92 Å². The van der Waals surface area contributed by atoms with E-state index in [1.54, 1.807) is 31.2 Å². The second kappa shape index (κ2) is 12.6. The van der Waals surface area contributed by atoms with Crippen molar-refractivity contribution in [1.82, 2.24) is 4.90 Å². The molecule has 0 radical (unpaired) electrons. The highest BCUT2D eigenvalue weighted by Gasteiger charge is 2.15. The van der Waals surface area contributed by atoms with Gasteiger partial charge in [-0.05, 0) is 54.4 Å². The first-order valence-electron chi connectivity index (χ1n) is 11.5. The topological polar surface area (TPSA) is 148 Å². The van der Waals surface area contributed by atoms with Crippen LogP contribution in [0.4, 0.5) is 0 Å². The first-order chi connectivity index (χ1) is 17.2. The highest BCUT2D eigenvalue weighted by atomic mass is 16.5. The fourth-order valence-electron chi connectivity index (χ4n) is 3.67. The van der Waals surface area contributed by atoms with Gasteiger partial charge < -0.3 is 31.2 Å². The van der Waals surface area contributed by atoms with Crippen LogP contribution in [0.1, 0.15) is 31.8 Å². The molecule has 0 fully saturated rings. The predicted molar refractivity (Wildman–Crippen MR) is 135 cm³/mol. The van der Waals surface area contributed by atoms with Crippen LogP contribution >= 0.6 is 0 Å². The van der Waals surface area contributed by atoms with E-state index < -0.39 is 17.9 Å². The number of aliphatic hydroxyl groups is 1. The first kappa shape index (κ1) is 26.5. The molecule has 0 saturated carbocycles. The standard InChI is InChI=1S/C27H31N3O6/c1-18-13-20(26(28)33)7-10-25(18)36-17-21(31)16-30(15-19-5-3-2-4-6-19)11-12-35-22-8-9-24(32)23(14-22)27(29)34/h2-10,13-14,21,31-32H,11-12,15-17H2,1H3,(H2,28,33)(H2,29,34). The molecule has 3 aromatic rings. The number of aromatic hydroxyl groups is 1. The maximum atomic E-state index is 11.5. The number of aryl methyl sites for hydroxylation is 1. The zero-order valence-corrected chi connectivity index (χ0v) is 20.1. The number of carbonyl (C=O) groups excluding carboxylic acids is 2. The predicted octanol–water partition coefficient (Wildman–Crippen LogP) is 2.22. The lowest BCUT2D eigenvalue weighted by Gasteiger charge is -2.25. The number of benzene rings is 3. The number of nitrogens with zero attached hydrogens (tertiary/aromatic N) is 1. The van der Waals surface area contributed by atoms with Gasteiger partial charge in [0.15, 0.2) is 0 Å². The number of primary amides is 2. The Morgan fingerprint density at radius 1 is 0.972 bits per heavy atom. The fraction of sp³-hybridized carbons (Fsp3) is 0.259. The molecule has 190 valence electrons. The fourth-order valence-corrected chi connectivity index (χ4v) is 3.67. The van der Waals surface area contributed by atoms with Crippen LogP contribution in [-0.4, -0.2) is 59.3 Å². The summed E-state index contributed by atoms with van der Waals surface area (Å²) in [6.45, 7) is 3.51. The lowest BCUT2D eigenvalue weighted by Crippen LogP contribution is -2.37. The first-order valence-corrected chi connectivity index (χ1v) is 11.5. The van der Waals surface area contributed by atoms with Crippen LogP contribution in [0.25, 0.3) is 0 Å². The molecule has 0 aliphatic heterocycles. The van der Waals surface area contributed by atoms with E-state index in [4.69, 9.17) is 20.9 Å². The highest BCUT2D eigenvalue weighted by molar-refractivity contribution is 5.96. The number of amides is 2. The largest absolute Gasteiger partial charge is 0.507 e. The second-order valence-corrected chi connectivity index (χ2v) is 8.42. The lowest BCUT2D eigenvalue weighted by atomic mass is 10.1. The van der Waals surface area contributed by atoms with E-state index in [2.05, 4.69) is 0 Å². The van der Waals surface area contributed by atoms with Gasteiger partial charge in [-0.1, -0.05) is 30.3 Å². The molecule has 2 amide bonds. The molecule has 0 aromatic heterocycles. The zero-order chi connectivity index (χ0) is 26.1. The molecule has 3 rings (SSSR count). The number of aliphatic hydroxyl groups excluding tert-OH is 1. The molecule has 0 saturated heterocycles. The Kier molecular flexibility index (Phi) is 9.26. The van der Waals surface area contributed by atoms with Crippen molar-refractivity contribution in [2.45, 2.75) is 19.6 Å². The second-order valence-electron chi connectivity index (χ2n) is 8.42. The Balaban J connectivity index is 1.60. The van der Waals surface area contributed by atoms with Gasteiger partial charge in [0.1, 0.15) is 36.6 Å². The molecule has 6 N–H and O–H groups in total. The summed E-state index contributed by atoms with van der Waals surface area (Å²) in [6.07, 6.45) is -0.793. The number of nitrogens with two attached hydrogens (primary N) is 2. The highest BCUT2D eigenvalue weighted by Crippen LogP contribution is 2.23. The zero-order valence-electron chi connectivity index (χ0n) is 20.1. The third-order valence-corrected chi connectivity index (χ3v) is 5.52. The summed E-state index contributed by atoms with van der Waals surface area (Å²) in [5.74, 6) is -0.495. The minimum Gasteiger partial charge on any atom is -0.507 e. The maximum Gasteiger partial charge on any atom is 0.252 e. The molecule has 3 aromatic carbocycles. The van der Waals surface area contributed by atoms with Crippen molar-refractivity contribution < 1.29 is 29.3 Å². The molecule has 1 atom stereocenters. The van der Waals surface area contributed by atoms with Gasteiger partial charge in [0.2, 0.25) is 5.91 Å². The summed E-state index contributed by atoms with van der Waals surface area (Å²) in [5, 5.41) is 20.4. The van der Waals surface area contributed by atoms with Crippen molar-refractivity contribution >= 4 is 11.8 Å². The van der Waals surface area contributed by atoms with Gasteiger partial charge in [0.25, 0.3) is 5.91 Å². The molecule has 9 heteroatoms. The van der Waals surface area contributed by atoms with Crippen molar-refractivity contribution in [2.24, 2.45) is 11.5 Å². The Hall–Kier alpha value is -4.08. The normalized spacial score (nSPS) is 11.8. The minimum absolute atomic E-state index is 0.0135. The van der Waals surface area contributed by atoms with Gasteiger partial charge in [0.05, 0.1) is 5.56 Å². The van der Waals surface area contributed by atoms with E-state index in [-0.39, 0.29) is 24.5 Å². The average Bonchev–Trinajstić information content (AvgIpc) is 2.84. The van der Waals surface area contributed by atoms with Crippen molar-refractivity contribution in [3.63, 3.8) is 0 Å². The SMILES string of the molecule is Cc1cc(C(N)=O)ccc1OCC(O)CN(CCOc1ccc(O)c(C(N)=O)c1)Cc1ccccc1. The van der Waals surface area contributed by atoms with E-state index in [0.717, 1.165) is 11.1 Å². The summed E-state index contributed by atoms with van der Waals surface area (Å²) in [5.41, 5.74) is 12.8. The lowest BCUT2D eigenvalue weighted by molar-refractivity contribution is 0.0602. The molecule has 1 unspecified atom stereocenters. The molecule has 36 heavy (non-hydrogen) atoms. The molecule has 0 aliphatic rings. The number of hydrogen-bond donors (Lipinski definition) is 4. The molecule has 9 nitrogen and oxygen atoms in total. The van der Waals surface area contributed by atoms with Gasteiger partial charge in [0, 0.05) is 25.2 Å². The van der Waals surface area contributed by atoms with E-state index in [1.165, 1.54) is 12.1 Å². The van der Waals surface area contributed by atoms with Gasteiger partial charge in [-0.25, -0.2) is 0 Å². The average molecular weight is 494 g/mol. The number of rotatable bonds is 13. The summed E-state index contributed by atoms with van der Waals surface area (Å²) in [4.78, 5) is 24.8. The Bertz CT molecular complexity index is 1190. The third kappa shape index (κ3) is 7.72. The van der Waals surface area contributed by atoms with Gasteiger partial charge in [-0.15, -0.1) is 0 Å². The monoisotopic (exact) mass is 493 g/mol. The van der Waals surface area contributed by atoms with E-state index in [9.17, 15) is 19.8 Å². The Morgan fingerprint density at radius 2 is 1.72 bits per heavy atom. The van der Waals surface area contributed by atoms with Crippen LogP contribution in [-0.2, 0) is 6.54 Å². The van der Waals surface area contributed by atoms with Crippen LogP contribution < -0.4 is 20.9 Å². The van der Waals surface area contributed by atoms with Gasteiger partial charge in [-0.2, -0.15) is 0 Å². The molecular weight excluding hydrogens is 462 g/mol. The van der Waals surface area contributed by atoms with Crippen LogP contribution in [0.5, 0.6) is 17.2 Å². The number of phenols is 1. The van der Waals surface area contributed by atoms with Crippen molar-refractivity contribution in [3.8, 4) is 17.2 Å². The van der Waals surface area contributed by atoms with Crippen molar-refractivity contribution in [1.29, 1.82) is 0 Å². The van der Waals surface area contributed by atoms with Gasteiger partial charge in [-0.3, -0.25) is 14.5 Å². The van der Waals surface area contributed by atoms with E-state index in [0.29, 0.717) is 36.7 Å². The minimum atomic E-state index is -0.793. The Morgan fingerprint density at radius 3 is 2.39 bits per heavy atom. The molecule has 0 heterocycles. The quantitative estimate of drug-likeness (QED) is 0.285. The summed E-state index contributed by atoms with van der Waals surface area (Å²) < 4.78 is 11.5. The summed E-state index contributed by atoms with van der Waals surface area (Å²) in [7, 11) is 0. The molecule has 0 aliphatic carbocycles. The molecule has 0 spiro atoms. The van der Waals surface area contributed by atoms with E-state index >= 15 is 0 Å². The maximum absolute atomic E-state index is 11.5. The molecule has 0 bridgehead atoms. The van der Waals surface area contributed by atoms with Crippen LogP contribution in [0.3, 0.4) is 0 Å². The van der Waals surface area contributed by atoms with Gasteiger partial charge >= 0.3 is 0 Å². The van der Waals surface area contributed by atoms with E-state index in [1.807, 2.05) is 35.2 Å². The van der Waals surface area contributed by atoms with Crippen molar-refractivity contribution in [2.75, 3.05) is 26.3 Å². The third-order valence-electron chi connectivity index (χ3n) is 5.52. The Labute approximate surface area is 209 Å². The van der Waals surface area contributed by atoms with Crippen molar-refractivity contribution in [3.05, 3.63) is 89.0 Å². The smallest absolute Gasteiger partial charge is 0.252 e. The number of carbonyl (C=O) groups is 2. The number of ether oxygens (including phenoxy) is 2. The summed E-state index contributed by atoms with van der Waals surface area (Å²) in [6, 6.07) is 19.0. The van der Waals surface area contributed by atoms with Crippen LogP contribution in [0.2, 0.25) is 0 Å².